The summed E-state index contributed by atoms with van der Waals surface area (Å²) in [6.45, 7) is 0. The van der Waals surface area contributed by atoms with E-state index in [2.05, 4.69) is 4.18 Å². The van der Waals surface area contributed by atoms with Crippen LogP contribution in [0.3, 0.4) is 0 Å². The lowest BCUT2D eigenvalue weighted by Crippen LogP contribution is -2.26. The van der Waals surface area contributed by atoms with Gasteiger partial charge in [-0.05, 0) is 0 Å². The summed E-state index contributed by atoms with van der Waals surface area (Å²) in [5.41, 5.74) is 0. The van der Waals surface area contributed by atoms with E-state index in [9.17, 15) is 30.4 Å². The summed E-state index contributed by atoms with van der Waals surface area (Å²) in [6, 6.07) is 0. The first-order valence-corrected chi connectivity index (χ1v) is 4.40. The molecule has 0 aliphatic carbocycles. The summed E-state index contributed by atoms with van der Waals surface area (Å²) >= 11 is 0. The number of halogens is 5. The second-order valence-electron chi connectivity index (χ2n) is 2.26. The molecule has 0 aromatic rings. The zero-order valence-corrected chi connectivity index (χ0v) is 7.20. The van der Waals surface area contributed by atoms with Crippen molar-refractivity contribution < 1.29 is 39.1 Å². The van der Waals surface area contributed by atoms with Gasteiger partial charge in [0, 0.05) is 6.42 Å². The molecule has 0 aromatic heterocycles. The van der Waals surface area contributed by atoms with Crippen molar-refractivity contribution in [3.8, 4) is 0 Å². The predicted octanol–water partition coefficient (Wildman–Crippen LogP) is 1.74. The summed E-state index contributed by atoms with van der Waals surface area (Å²) < 4.78 is 88.6. The van der Waals surface area contributed by atoms with E-state index in [0.717, 1.165) is 0 Å². The average molecular weight is 244 g/mol. The molecule has 0 aromatic carbocycles. The molecule has 0 unspecified atom stereocenters. The van der Waals surface area contributed by atoms with Gasteiger partial charge in [0.2, 0.25) is 0 Å². The number of hydrogen-bond donors (Lipinski definition) is 1. The number of alkyl halides is 5. The van der Waals surface area contributed by atoms with E-state index < -0.39 is 35.5 Å². The van der Waals surface area contributed by atoms with Crippen molar-refractivity contribution in [1.29, 1.82) is 0 Å². The molecule has 0 heterocycles. The van der Waals surface area contributed by atoms with Crippen LogP contribution in [0, 0.1) is 0 Å². The number of hydrogen-bond acceptors (Lipinski definition) is 3. The largest absolute Gasteiger partial charge is 0.402 e. The van der Waals surface area contributed by atoms with Gasteiger partial charge in [0.25, 0.3) is 0 Å². The zero-order valence-electron chi connectivity index (χ0n) is 6.38. The van der Waals surface area contributed by atoms with E-state index in [1.165, 1.54) is 0 Å². The molecule has 0 bridgehead atoms. The molecular weight excluding hydrogens is 239 g/mol. The Bertz CT molecular complexity index is 281. The SMILES string of the molecule is O=S(=O)(O)OC(F)(F)CCC(F)(F)F. The summed E-state index contributed by atoms with van der Waals surface area (Å²) in [7, 11) is -5.47. The second-order valence-corrected chi connectivity index (χ2v) is 3.29. The standard InChI is InChI=1S/C4H5F5O4S/c5-3(6,7)1-2-4(8,9)13-14(10,11)12/h1-2H2,(H,10,11,12). The van der Waals surface area contributed by atoms with Gasteiger partial charge in [0.15, 0.2) is 0 Å². The maximum Gasteiger partial charge on any atom is 0.402 e. The quantitative estimate of drug-likeness (QED) is 0.604. The fourth-order valence-electron chi connectivity index (χ4n) is 0.483. The van der Waals surface area contributed by atoms with E-state index >= 15 is 0 Å². The molecular formula is C4H5F5O4S. The van der Waals surface area contributed by atoms with Gasteiger partial charge in [-0.1, -0.05) is 0 Å². The summed E-state index contributed by atoms with van der Waals surface area (Å²) in [5, 5.41) is 0. The lowest BCUT2D eigenvalue weighted by molar-refractivity contribution is -0.209. The Morgan fingerprint density at radius 3 is 1.79 bits per heavy atom. The van der Waals surface area contributed by atoms with E-state index in [0.29, 0.717) is 0 Å². The van der Waals surface area contributed by atoms with Crippen molar-refractivity contribution >= 4 is 10.4 Å². The van der Waals surface area contributed by atoms with Crippen LogP contribution in [-0.2, 0) is 14.6 Å². The molecule has 0 aliphatic rings. The fourth-order valence-corrected chi connectivity index (χ4v) is 0.874. The van der Waals surface area contributed by atoms with Crippen LogP contribution in [0.1, 0.15) is 12.8 Å². The van der Waals surface area contributed by atoms with Crippen molar-refractivity contribution in [3.63, 3.8) is 0 Å². The normalized spacial score (nSPS) is 14.4. The van der Waals surface area contributed by atoms with Crippen LogP contribution in [0.25, 0.3) is 0 Å². The summed E-state index contributed by atoms with van der Waals surface area (Å²) in [6.07, 6.45) is -13.2. The molecule has 14 heavy (non-hydrogen) atoms. The predicted molar refractivity (Wildman–Crippen MR) is 32.9 cm³/mol. The van der Waals surface area contributed by atoms with E-state index in [1.54, 1.807) is 0 Å². The third-order valence-electron chi connectivity index (χ3n) is 0.927. The van der Waals surface area contributed by atoms with Crippen molar-refractivity contribution in [2.45, 2.75) is 25.1 Å². The van der Waals surface area contributed by atoms with Crippen LogP contribution in [0.2, 0.25) is 0 Å². The van der Waals surface area contributed by atoms with E-state index in [-0.39, 0.29) is 0 Å². The van der Waals surface area contributed by atoms with Crippen molar-refractivity contribution in [2.75, 3.05) is 0 Å². The van der Waals surface area contributed by atoms with E-state index in [1.807, 2.05) is 0 Å². The Morgan fingerprint density at radius 1 is 1.07 bits per heavy atom. The maximum absolute atomic E-state index is 12.2. The Kier molecular flexibility index (Phi) is 3.81. The highest BCUT2D eigenvalue weighted by atomic mass is 32.3. The fraction of sp³-hybridized carbons (Fsp3) is 1.00. The first-order chi connectivity index (χ1) is 5.91. The molecule has 0 saturated carbocycles. The van der Waals surface area contributed by atoms with Gasteiger partial charge in [0.05, 0.1) is 6.42 Å². The van der Waals surface area contributed by atoms with Gasteiger partial charge in [-0.25, -0.2) is 0 Å². The van der Waals surface area contributed by atoms with Crippen molar-refractivity contribution in [3.05, 3.63) is 0 Å². The highest BCUT2D eigenvalue weighted by Gasteiger charge is 2.40. The molecule has 10 heteroatoms. The Morgan fingerprint density at radius 2 is 1.50 bits per heavy atom. The maximum atomic E-state index is 12.2. The zero-order chi connectivity index (χ0) is 11.6. The Balaban J connectivity index is 4.23. The number of rotatable bonds is 4. The van der Waals surface area contributed by atoms with Gasteiger partial charge in [-0.2, -0.15) is 34.6 Å². The molecule has 4 nitrogen and oxygen atoms in total. The second kappa shape index (κ2) is 3.95. The van der Waals surface area contributed by atoms with Gasteiger partial charge in [0.1, 0.15) is 0 Å². The molecule has 0 saturated heterocycles. The summed E-state index contributed by atoms with van der Waals surface area (Å²) in [5.74, 6) is 0. The molecule has 0 rings (SSSR count). The van der Waals surface area contributed by atoms with Crippen LogP contribution in [0.15, 0.2) is 0 Å². The minimum atomic E-state index is -5.47. The minimum absolute atomic E-state index is 1.88. The lowest BCUT2D eigenvalue weighted by atomic mass is 10.3. The molecule has 0 radical (unpaired) electrons. The molecule has 0 amide bonds. The molecule has 1 N–H and O–H groups in total. The molecule has 0 fully saturated rings. The van der Waals surface area contributed by atoms with Crippen LogP contribution in [-0.4, -0.2) is 25.3 Å². The summed E-state index contributed by atoms with van der Waals surface area (Å²) in [4.78, 5) is 0. The van der Waals surface area contributed by atoms with E-state index in [4.69, 9.17) is 4.55 Å². The average Bonchev–Trinajstić information content (AvgIpc) is 1.76. The van der Waals surface area contributed by atoms with Gasteiger partial charge in [-0.15, -0.1) is 0 Å². The van der Waals surface area contributed by atoms with Gasteiger partial charge < -0.3 is 0 Å². The third-order valence-corrected chi connectivity index (χ3v) is 1.38. The van der Waals surface area contributed by atoms with Gasteiger partial charge >= 0.3 is 22.7 Å². The Labute approximate surface area is 75.6 Å². The van der Waals surface area contributed by atoms with Crippen molar-refractivity contribution in [1.82, 2.24) is 0 Å². The van der Waals surface area contributed by atoms with Crippen LogP contribution in [0.5, 0.6) is 0 Å². The topological polar surface area (TPSA) is 63.6 Å². The smallest absolute Gasteiger partial charge is 0.263 e. The highest BCUT2D eigenvalue weighted by Crippen LogP contribution is 2.30. The van der Waals surface area contributed by atoms with Crippen LogP contribution >= 0.6 is 0 Å². The molecule has 86 valence electrons. The first kappa shape index (κ1) is 13.5. The molecule has 0 spiro atoms. The van der Waals surface area contributed by atoms with Crippen LogP contribution < -0.4 is 0 Å². The monoisotopic (exact) mass is 244 g/mol. The molecule has 0 atom stereocenters. The van der Waals surface area contributed by atoms with Gasteiger partial charge in [-0.3, -0.25) is 4.55 Å². The van der Waals surface area contributed by atoms with Crippen molar-refractivity contribution in [2.24, 2.45) is 0 Å². The Hall–Kier alpha value is -0.480. The minimum Gasteiger partial charge on any atom is -0.263 e. The lowest BCUT2D eigenvalue weighted by Gasteiger charge is -2.14. The molecule has 0 aliphatic heterocycles. The third kappa shape index (κ3) is 8.13. The van der Waals surface area contributed by atoms with Crippen LogP contribution in [0.4, 0.5) is 22.0 Å². The highest BCUT2D eigenvalue weighted by molar-refractivity contribution is 7.80. The first-order valence-electron chi connectivity index (χ1n) is 3.04.